The number of nitrogens with two attached hydrogens (primary N) is 1. The van der Waals surface area contributed by atoms with Gasteiger partial charge < -0.3 is 4.84 Å². The van der Waals surface area contributed by atoms with Gasteiger partial charge in [-0.25, -0.2) is 14.7 Å². The highest BCUT2D eigenvalue weighted by Gasteiger charge is 2.12. The average Bonchev–Trinajstić information content (AvgIpc) is 2.18. The van der Waals surface area contributed by atoms with Crippen LogP contribution in [-0.2, 0) is 11.3 Å². The van der Waals surface area contributed by atoms with Gasteiger partial charge in [0.15, 0.2) is 0 Å². The van der Waals surface area contributed by atoms with E-state index < -0.39 is 11.6 Å². The molecule has 0 heterocycles. The quantitative estimate of drug-likeness (QED) is 0.622. The second kappa shape index (κ2) is 5.29. The van der Waals surface area contributed by atoms with E-state index in [1.165, 1.54) is 12.1 Å². The maximum atomic E-state index is 13.5. The molecule has 78 valence electrons. The van der Waals surface area contributed by atoms with E-state index in [0.717, 1.165) is 11.8 Å². The largest absolute Gasteiger partial charge is 0.304 e. The van der Waals surface area contributed by atoms with Gasteiger partial charge in [-0.2, -0.15) is 0 Å². The lowest BCUT2D eigenvalue weighted by atomic mass is 10.1. The summed E-state index contributed by atoms with van der Waals surface area (Å²) in [4.78, 5) is 4.38. The Hall–Kier alpha value is -0.650. The van der Waals surface area contributed by atoms with Crippen molar-refractivity contribution in [1.82, 2.24) is 0 Å². The first-order valence-corrected chi connectivity index (χ1v) is 5.25. The van der Waals surface area contributed by atoms with Gasteiger partial charge in [0.25, 0.3) is 0 Å². The van der Waals surface area contributed by atoms with Crippen LogP contribution in [0.3, 0.4) is 0 Å². The van der Waals surface area contributed by atoms with Crippen LogP contribution in [-0.4, -0.2) is 12.9 Å². The first-order chi connectivity index (χ1) is 6.70. The molecule has 14 heavy (non-hydrogen) atoms. The van der Waals surface area contributed by atoms with Crippen LogP contribution < -0.4 is 5.90 Å². The Kier molecular flexibility index (Phi) is 4.31. The first kappa shape index (κ1) is 11.4. The molecular formula is C9H11F2NOS. The number of halogens is 2. The molecule has 0 amide bonds. The predicted molar refractivity (Wildman–Crippen MR) is 52.0 cm³/mol. The van der Waals surface area contributed by atoms with Crippen molar-refractivity contribution in [2.45, 2.75) is 11.3 Å². The molecule has 1 rings (SSSR count). The van der Waals surface area contributed by atoms with Crippen LogP contribution in [0, 0.1) is 11.6 Å². The lowest BCUT2D eigenvalue weighted by Gasteiger charge is -2.06. The number of thioether (sulfide) groups is 1. The molecular weight excluding hydrogens is 208 g/mol. The highest BCUT2D eigenvalue weighted by Crippen LogP contribution is 2.25. The van der Waals surface area contributed by atoms with Crippen molar-refractivity contribution in [2.24, 2.45) is 5.90 Å². The fourth-order valence-electron chi connectivity index (χ4n) is 1.12. The Morgan fingerprint density at radius 1 is 1.43 bits per heavy atom. The zero-order valence-corrected chi connectivity index (χ0v) is 8.54. The number of hydrogen-bond acceptors (Lipinski definition) is 3. The standard InChI is InChI=1S/C9H11F2NOS/c1-14-9-7(10)3-2-6(8(9)11)4-5-13-12/h2-3H,4-5,12H2,1H3. The molecule has 0 saturated heterocycles. The molecule has 1 aromatic rings. The molecule has 0 aliphatic rings. The monoisotopic (exact) mass is 219 g/mol. The average molecular weight is 219 g/mol. The lowest BCUT2D eigenvalue weighted by molar-refractivity contribution is 0.140. The molecule has 0 aliphatic carbocycles. The van der Waals surface area contributed by atoms with Crippen LogP contribution in [0.2, 0.25) is 0 Å². The Balaban J connectivity index is 2.96. The number of benzene rings is 1. The molecule has 0 atom stereocenters. The molecule has 0 aromatic heterocycles. The molecule has 2 N–H and O–H groups in total. The van der Waals surface area contributed by atoms with Gasteiger partial charge in [-0.3, -0.25) is 0 Å². The van der Waals surface area contributed by atoms with Crippen molar-refractivity contribution in [3.63, 3.8) is 0 Å². The van der Waals surface area contributed by atoms with Gasteiger partial charge in [0.2, 0.25) is 0 Å². The third-order valence-corrected chi connectivity index (χ3v) is 2.60. The molecule has 0 unspecified atom stereocenters. The third kappa shape index (κ3) is 2.43. The van der Waals surface area contributed by atoms with E-state index in [-0.39, 0.29) is 11.5 Å². The highest BCUT2D eigenvalue weighted by atomic mass is 32.2. The van der Waals surface area contributed by atoms with Crippen LogP contribution >= 0.6 is 11.8 Å². The highest BCUT2D eigenvalue weighted by molar-refractivity contribution is 7.98. The fraction of sp³-hybridized carbons (Fsp3) is 0.333. The minimum absolute atomic E-state index is 0.0412. The van der Waals surface area contributed by atoms with Crippen LogP contribution in [0.4, 0.5) is 8.78 Å². The Labute approximate surface area is 85.4 Å². The van der Waals surface area contributed by atoms with Crippen LogP contribution in [0.15, 0.2) is 17.0 Å². The molecule has 1 aromatic carbocycles. The zero-order valence-electron chi connectivity index (χ0n) is 7.72. The molecule has 0 radical (unpaired) electrons. The molecule has 0 saturated carbocycles. The second-order valence-corrected chi connectivity index (χ2v) is 3.49. The van der Waals surface area contributed by atoms with Crippen LogP contribution in [0.5, 0.6) is 0 Å². The van der Waals surface area contributed by atoms with Crippen molar-refractivity contribution < 1.29 is 13.6 Å². The number of hydrogen-bond donors (Lipinski definition) is 1. The first-order valence-electron chi connectivity index (χ1n) is 4.03. The van der Waals surface area contributed by atoms with E-state index in [1.807, 2.05) is 0 Å². The molecule has 2 nitrogen and oxygen atoms in total. The topological polar surface area (TPSA) is 35.2 Å². The Morgan fingerprint density at radius 2 is 2.14 bits per heavy atom. The van der Waals surface area contributed by atoms with E-state index in [9.17, 15) is 8.78 Å². The van der Waals surface area contributed by atoms with Gasteiger partial charge in [-0.15, -0.1) is 11.8 Å². The van der Waals surface area contributed by atoms with E-state index in [0.29, 0.717) is 12.0 Å². The summed E-state index contributed by atoms with van der Waals surface area (Å²) < 4.78 is 26.5. The summed E-state index contributed by atoms with van der Waals surface area (Å²) in [5.74, 6) is 3.77. The fourth-order valence-corrected chi connectivity index (χ4v) is 1.70. The van der Waals surface area contributed by atoms with Crippen molar-refractivity contribution in [1.29, 1.82) is 0 Å². The summed E-state index contributed by atoms with van der Waals surface area (Å²) in [7, 11) is 0. The molecule has 0 aliphatic heterocycles. The second-order valence-electron chi connectivity index (χ2n) is 2.67. The normalized spacial score (nSPS) is 10.6. The Morgan fingerprint density at radius 3 is 2.71 bits per heavy atom. The summed E-state index contributed by atoms with van der Waals surface area (Å²) in [5, 5.41) is 0. The smallest absolute Gasteiger partial charge is 0.142 e. The minimum atomic E-state index is -0.535. The summed E-state index contributed by atoms with van der Waals surface area (Å²) in [6, 6.07) is 2.66. The summed E-state index contributed by atoms with van der Waals surface area (Å²) in [6.07, 6.45) is 1.97. The lowest BCUT2D eigenvalue weighted by Crippen LogP contribution is -2.06. The van der Waals surface area contributed by atoms with Crippen LogP contribution in [0.25, 0.3) is 0 Å². The van der Waals surface area contributed by atoms with Gasteiger partial charge in [-0.1, -0.05) is 6.07 Å². The summed E-state index contributed by atoms with van der Waals surface area (Å²) in [5.41, 5.74) is 0.418. The van der Waals surface area contributed by atoms with Crippen molar-refractivity contribution in [3.8, 4) is 0 Å². The van der Waals surface area contributed by atoms with Crippen molar-refractivity contribution >= 4 is 11.8 Å². The van der Waals surface area contributed by atoms with Gasteiger partial charge in [0.05, 0.1) is 11.5 Å². The van der Waals surface area contributed by atoms with E-state index in [4.69, 9.17) is 5.90 Å². The maximum absolute atomic E-state index is 13.5. The SMILES string of the molecule is CSc1c(F)ccc(CCON)c1F. The van der Waals surface area contributed by atoms with Gasteiger partial charge in [0.1, 0.15) is 11.6 Å². The summed E-state index contributed by atoms with van der Waals surface area (Å²) in [6.45, 7) is 0.219. The molecule has 0 bridgehead atoms. The van der Waals surface area contributed by atoms with E-state index >= 15 is 0 Å². The van der Waals surface area contributed by atoms with Crippen LogP contribution in [0.1, 0.15) is 5.56 Å². The van der Waals surface area contributed by atoms with E-state index in [2.05, 4.69) is 4.84 Å². The number of rotatable bonds is 4. The van der Waals surface area contributed by atoms with Gasteiger partial charge >= 0.3 is 0 Å². The third-order valence-electron chi connectivity index (χ3n) is 1.82. The van der Waals surface area contributed by atoms with Gasteiger partial charge in [-0.05, 0) is 17.9 Å². The molecule has 0 spiro atoms. The Bertz CT molecular complexity index is 320. The van der Waals surface area contributed by atoms with Gasteiger partial charge in [0, 0.05) is 6.42 Å². The van der Waals surface area contributed by atoms with Crippen molar-refractivity contribution in [2.75, 3.05) is 12.9 Å². The summed E-state index contributed by atoms with van der Waals surface area (Å²) >= 11 is 1.05. The predicted octanol–water partition coefficient (Wildman–Crippen LogP) is 2.12. The minimum Gasteiger partial charge on any atom is -0.304 e. The molecule has 5 heteroatoms. The maximum Gasteiger partial charge on any atom is 0.142 e. The zero-order chi connectivity index (χ0) is 10.6. The molecule has 0 fully saturated rings. The van der Waals surface area contributed by atoms with Crippen molar-refractivity contribution in [3.05, 3.63) is 29.3 Å². The van der Waals surface area contributed by atoms with E-state index in [1.54, 1.807) is 6.26 Å².